The van der Waals surface area contributed by atoms with Gasteiger partial charge >= 0.3 is 0 Å². The Bertz CT molecular complexity index is 734. The van der Waals surface area contributed by atoms with Crippen molar-refractivity contribution in [2.75, 3.05) is 6.54 Å². The van der Waals surface area contributed by atoms with Crippen LogP contribution in [0.1, 0.15) is 36.5 Å². The standard InChI is InChI=1S/C18H23N3O/c1-3-19-12-16-11-17(20-21(2)18(16)22)15-9-8-13-6-4-5-7-14(13)10-15/h8-11,19H,3-7,12H2,1-2H3. The number of nitrogens with one attached hydrogen (secondary N) is 1. The molecule has 1 heterocycles. The van der Waals surface area contributed by atoms with E-state index in [1.165, 1.54) is 35.1 Å². The molecule has 3 rings (SSSR count). The third-order valence-corrected chi connectivity index (χ3v) is 4.35. The monoisotopic (exact) mass is 297 g/mol. The molecule has 0 spiro atoms. The predicted octanol–water partition coefficient (Wildman–Crippen LogP) is 2.44. The highest BCUT2D eigenvalue weighted by Gasteiger charge is 2.12. The summed E-state index contributed by atoms with van der Waals surface area (Å²) in [5.41, 5.74) is 5.63. The van der Waals surface area contributed by atoms with Crippen molar-refractivity contribution in [2.45, 2.75) is 39.2 Å². The fourth-order valence-corrected chi connectivity index (χ4v) is 3.09. The van der Waals surface area contributed by atoms with Gasteiger partial charge in [-0.2, -0.15) is 5.10 Å². The van der Waals surface area contributed by atoms with Crippen LogP contribution >= 0.6 is 0 Å². The van der Waals surface area contributed by atoms with Gasteiger partial charge in [0.15, 0.2) is 0 Å². The SMILES string of the molecule is CCNCc1cc(-c2ccc3c(c2)CCCC3)nn(C)c1=O. The molecule has 0 aliphatic heterocycles. The summed E-state index contributed by atoms with van der Waals surface area (Å²) in [5.74, 6) is 0. The summed E-state index contributed by atoms with van der Waals surface area (Å²) in [5, 5.41) is 7.66. The summed E-state index contributed by atoms with van der Waals surface area (Å²) in [6, 6.07) is 8.53. The fourth-order valence-electron chi connectivity index (χ4n) is 3.09. The van der Waals surface area contributed by atoms with E-state index in [-0.39, 0.29) is 5.56 Å². The lowest BCUT2D eigenvalue weighted by Crippen LogP contribution is -2.27. The van der Waals surface area contributed by atoms with Gasteiger partial charge < -0.3 is 5.32 Å². The topological polar surface area (TPSA) is 46.9 Å². The van der Waals surface area contributed by atoms with E-state index in [9.17, 15) is 4.79 Å². The Kier molecular flexibility index (Phi) is 4.39. The zero-order chi connectivity index (χ0) is 15.5. The van der Waals surface area contributed by atoms with Crippen LogP contribution in [-0.4, -0.2) is 16.3 Å². The Morgan fingerprint density at radius 1 is 1.18 bits per heavy atom. The molecule has 0 radical (unpaired) electrons. The van der Waals surface area contributed by atoms with Crippen molar-refractivity contribution < 1.29 is 0 Å². The summed E-state index contributed by atoms with van der Waals surface area (Å²) in [4.78, 5) is 12.2. The smallest absolute Gasteiger partial charge is 0.271 e. The molecule has 0 saturated carbocycles. The molecule has 0 unspecified atom stereocenters. The van der Waals surface area contributed by atoms with Crippen molar-refractivity contribution in [3.05, 3.63) is 51.3 Å². The molecule has 116 valence electrons. The Labute approximate surface area is 131 Å². The largest absolute Gasteiger partial charge is 0.313 e. The van der Waals surface area contributed by atoms with Crippen molar-refractivity contribution >= 4 is 0 Å². The molecule has 1 aliphatic carbocycles. The lowest BCUT2D eigenvalue weighted by Gasteiger charge is -2.16. The first kappa shape index (κ1) is 15.0. The molecular formula is C18H23N3O. The Morgan fingerprint density at radius 2 is 1.95 bits per heavy atom. The number of aromatic nitrogens is 2. The number of hydrogen-bond donors (Lipinski definition) is 1. The molecule has 4 heteroatoms. The van der Waals surface area contributed by atoms with Gasteiger partial charge in [-0.25, -0.2) is 4.68 Å². The van der Waals surface area contributed by atoms with E-state index in [2.05, 4.69) is 28.6 Å². The second-order valence-electron chi connectivity index (χ2n) is 5.95. The summed E-state index contributed by atoms with van der Waals surface area (Å²) < 4.78 is 1.45. The maximum Gasteiger partial charge on any atom is 0.271 e. The van der Waals surface area contributed by atoms with E-state index in [1.54, 1.807) is 7.05 Å². The van der Waals surface area contributed by atoms with Gasteiger partial charge in [-0.1, -0.05) is 19.1 Å². The molecule has 0 bridgehead atoms. The number of hydrogen-bond acceptors (Lipinski definition) is 3. The van der Waals surface area contributed by atoms with E-state index >= 15 is 0 Å². The van der Waals surface area contributed by atoms with Crippen molar-refractivity contribution in [3.8, 4) is 11.3 Å². The van der Waals surface area contributed by atoms with E-state index in [1.807, 2.05) is 13.0 Å². The second kappa shape index (κ2) is 6.44. The molecule has 0 amide bonds. The third-order valence-electron chi connectivity index (χ3n) is 4.35. The number of aryl methyl sites for hydroxylation is 3. The van der Waals surface area contributed by atoms with E-state index in [0.717, 1.165) is 29.8 Å². The highest BCUT2D eigenvalue weighted by atomic mass is 16.1. The van der Waals surface area contributed by atoms with Crippen LogP contribution in [0.15, 0.2) is 29.1 Å². The highest BCUT2D eigenvalue weighted by molar-refractivity contribution is 5.61. The zero-order valence-electron chi connectivity index (χ0n) is 13.4. The summed E-state index contributed by atoms with van der Waals surface area (Å²) >= 11 is 0. The van der Waals surface area contributed by atoms with Crippen LogP contribution in [0.3, 0.4) is 0 Å². The first-order valence-electron chi connectivity index (χ1n) is 8.09. The van der Waals surface area contributed by atoms with Gasteiger partial charge in [-0.15, -0.1) is 0 Å². The molecule has 1 aromatic heterocycles. The van der Waals surface area contributed by atoms with Crippen LogP contribution in [0.2, 0.25) is 0 Å². The number of benzene rings is 1. The van der Waals surface area contributed by atoms with Crippen molar-refractivity contribution in [1.82, 2.24) is 15.1 Å². The lowest BCUT2D eigenvalue weighted by atomic mass is 9.90. The van der Waals surface area contributed by atoms with Gasteiger partial charge in [-0.05, 0) is 55.5 Å². The normalized spacial score (nSPS) is 13.9. The fraction of sp³-hybridized carbons (Fsp3) is 0.444. The molecular weight excluding hydrogens is 274 g/mol. The minimum absolute atomic E-state index is 0.0253. The van der Waals surface area contributed by atoms with Gasteiger partial charge in [0.05, 0.1) is 5.69 Å². The van der Waals surface area contributed by atoms with Crippen LogP contribution < -0.4 is 10.9 Å². The third kappa shape index (κ3) is 2.97. The summed E-state index contributed by atoms with van der Waals surface area (Å²) in [7, 11) is 1.72. The summed E-state index contributed by atoms with van der Waals surface area (Å²) in [6.45, 7) is 3.47. The van der Waals surface area contributed by atoms with Crippen molar-refractivity contribution in [3.63, 3.8) is 0 Å². The van der Waals surface area contributed by atoms with Crippen LogP contribution in [0.5, 0.6) is 0 Å². The summed E-state index contributed by atoms with van der Waals surface area (Å²) in [6.07, 6.45) is 4.89. The van der Waals surface area contributed by atoms with Gasteiger partial charge in [0, 0.05) is 24.7 Å². The van der Waals surface area contributed by atoms with E-state index in [4.69, 9.17) is 0 Å². The van der Waals surface area contributed by atoms with Crippen molar-refractivity contribution in [1.29, 1.82) is 0 Å². The number of fused-ring (bicyclic) bond motifs is 1. The first-order chi connectivity index (χ1) is 10.7. The second-order valence-corrected chi connectivity index (χ2v) is 5.95. The van der Waals surface area contributed by atoms with Crippen molar-refractivity contribution in [2.24, 2.45) is 7.05 Å². The van der Waals surface area contributed by atoms with Crippen LogP contribution in [0.4, 0.5) is 0 Å². The lowest BCUT2D eigenvalue weighted by molar-refractivity contribution is 0.664. The molecule has 4 nitrogen and oxygen atoms in total. The maximum absolute atomic E-state index is 12.2. The molecule has 1 N–H and O–H groups in total. The van der Waals surface area contributed by atoms with Gasteiger partial charge in [-0.3, -0.25) is 4.79 Å². The van der Waals surface area contributed by atoms with E-state index in [0.29, 0.717) is 6.54 Å². The first-order valence-corrected chi connectivity index (χ1v) is 8.09. The number of rotatable bonds is 4. The Morgan fingerprint density at radius 3 is 2.73 bits per heavy atom. The van der Waals surface area contributed by atoms with Gasteiger partial charge in [0.2, 0.25) is 0 Å². The molecule has 1 aromatic carbocycles. The maximum atomic E-state index is 12.2. The molecule has 0 fully saturated rings. The minimum Gasteiger partial charge on any atom is -0.313 e. The zero-order valence-corrected chi connectivity index (χ0v) is 13.4. The van der Waals surface area contributed by atoms with Gasteiger partial charge in [0.1, 0.15) is 0 Å². The molecule has 1 aliphatic rings. The molecule has 22 heavy (non-hydrogen) atoms. The number of nitrogens with zero attached hydrogens (tertiary/aromatic N) is 2. The quantitative estimate of drug-likeness (QED) is 0.943. The Hall–Kier alpha value is -1.94. The highest BCUT2D eigenvalue weighted by Crippen LogP contribution is 2.26. The molecule has 0 atom stereocenters. The van der Waals surface area contributed by atoms with E-state index < -0.39 is 0 Å². The van der Waals surface area contributed by atoms with Crippen LogP contribution in [0, 0.1) is 0 Å². The average Bonchev–Trinajstić information content (AvgIpc) is 2.55. The average molecular weight is 297 g/mol. The van der Waals surface area contributed by atoms with Crippen LogP contribution in [0.25, 0.3) is 11.3 Å². The van der Waals surface area contributed by atoms with Crippen LogP contribution in [-0.2, 0) is 26.4 Å². The molecule has 2 aromatic rings. The predicted molar refractivity (Wildman–Crippen MR) is 88.9 cm³/mol. The minimum atomic E-state index is -0.0253. The Balaban J connectivity index is 2.00. The van der Waals surface area contributed by atoms with Gasteiger partial charge in [0.25, 0.3) is 5.56 Å². The molecule has 0 saturated heterocycles.